The molecule has 0 bridgehead atoms. The monoisotopic (exact) mass is 509 g/mol. The van der Waals surface area contributed by atoms with Gasteiger partial charge in [-0.25, -0.2) is 4.79 Å². The largest absolute Gasteiger partial charge is 0.480 e. The lowest BCUT2D eigenvalue weighted by atomic mass is 10.1. The molecule has 0 spiro atoms. The zero-order chi connectivity index (χ0) is 26.2. The number of thioether (sulfide) groups is 1. The summed E-state index contributed by atoms with van der Waals surface area (Å²) in [6.07, 6.45) is 2.96. The lowest BCUT2D eigenvalue weighted by molar-refractivity contribution is -0.142. The number of carboxylic acid groups (broad SMARTS) is 1. The zero-order valence-corrected chi connectivity index (χ0v) is 20.6. The van der Waals surface area contributed by atoms with Gasteiger partial charge >= 0.3 is 5.97 Å². The van der Waals surface area contributed by atoms with Gasteiger partial charge in [0.1, 0.15) is 12.1 Å². The number of hydrogen-bond acceptors (Lipinski definition) is 7. The minimum absolute atomic E-state index is 0.104. The molecule has 0 saturated heterocycles. The molecule has 194 valence electrons. The van der Waals surface area contributed by atoms with E-state index in [1.165, 1.54) is 11.8 Å². The van der Waals surface area contributed by atoms with E-state index in [-0.39, 0.29) is 18.9 Å². The third-order valence-corrected chi connectivity index (χ3v) is 5.52. The summed E-state index contributed by atoms with van der Waals surface area (Å²) in [7, 11) is 0. The van der Waals surface area contributed by atoms with Gasteiger partial charge in [0.15, 0.2) is 5.96 Å². The second kappa shape index (κ2) is 16.3. The van der Waals surface area contributed by atoms with Crippen LogP contribution < -0.4 is 33.2 Å². The molecule has 10 N–H and O–H groups in total. The van der Waals surface area contributed by atoms with Gasteiger partial charge in [-0.1, -0.05) is 30.3 Å². The van der Waals surface area contributed by atoms with Crippen molar-refractivity contribution < 1.29 is 24.3 Å². The molecule has 35 heavy (non-hydrogen) atoms. The van der Waals surface area contributed by atoms with Crippen molar-refractivity contribution in [3.8, 4) is 0 Å². The van der Waals surface area contributed by atoms with E-state index < -0.39 is 48.4 Å². The number of carboxylic acids is 1. The van der Waals surface area contributed by atoms with Crippen LogP contribution in [-0.2, 0) is 25.6 Å². The maximum atomic E-state index is 12.7. The van der Waals surface area contributed by atoms with Gasteiger partial charge in [-0.15, -0.1) is 0 Å². The summed E-state index contributed by atoms with van der Waals surface area (Å²) in [6.45, 7) is -0.222. The van der Waals surface area contributed by atoms with Crippen molar-refractivity contribution in [2.45, 2.75) is 43.8 Å². The molecule has 0 aromatic heterocycles. The Hall–Kier alpha value is -3.32. The van der Waals surface area contributed by atoms with Crippen LogP contribution in [0.25, 0.3) is 0 Å². The van der Waals surface area contributed by atoms with E-state index in [9.17, 15) is 24.3 Å². The lowest BCUT2D eigenvalue weighted by Gasteiger charge is -2.21. The Kier molecular flexibility index (Phi) is 13.9. The molecule has 0 fully saturated rings. The highest BCUT2D eigenvalue weighted by atomic mass is 32.2. The van der Waals surface area contributed by atoms with Crippen molar-refractivity contribution >= 4 is 41.4 Å². The van der Waals surface area contributed by atoms with Crippen LogP contribution in [-0.4, -0.2) is 78.0 Å². The van der Waals surface area contributed by atoms with E-state index in [4.69, 9.17) is 17.2 Å². The van der Waals surface area contributed by atoms with Crippen LogP contribution >= 0.6 is 11.8 Å². The first-order chi connectivity index (χ1) is 16.6. The van der Waals surface area contributed by atoms with Crippen molar-refractivity contribution in [1.29, 1.82) is 0 Å². The van der Waals surface area contributed by atoms with Crippen molar-refractivity contribution in [2.24, 2.45) is 22.2 Å². The number of amides is 3. The van der Waals surface area contributed by atoms with Gasteiger partial charge in [0, 0.05) is 6.54 Å². The second-order valence-electron chi connectivity index (χ2n) is 7.76. The molecule has 0 aliphatic carbocycles. The Morgan fingerprint density at radius 1 is 1.03 bits per heavy atom. The van der Waals surface area contributed by atoms with Gasteiger partial charge in [0.25, 0.3) is 0 Å². The minimum atomic E-state index is -1.22. The number of nitrogens with two attached hydrogens (primary N) is 3. The predicted molar refractivity (Wildman–Crippen MR) is 136 cm³/mol. The van der Waals surface area contributed by atoms with Gasteiger partial charge in [0.2, 0.25) is 17.7 Å². The molecule has 0 saturated carbocycles. The van der Waals surface area contributed by atoms with Crippen molar-refractivity contribution in [3.63, 3.8) is 0 Å². The van der Waals surface area contributed by atoms with Crippen molar-refractivity contribution in [1.82, 2.24) is 16.0 Å². The number of aliphatic carboxylic acids is 1. The molecule has 0 aliphatic rings. The molecule has 0 heterocycles. The highest BCUT2D eigenvalue weighted by Gasteiger charge is 2.25. The van der Waals surface area contributed by atoms with Crippen LogP contribution in [0.2, 0.25) is 0 Å². The molecule has 1 rings (SSSR count). The van der Waals surface area contributed by atoms with Gasteiger partial charge in [-0.3, -0.25) is 19.4 Å². The Bertz CT molecular complexity index is 865. The third-order valence-electron chi connectivity index (χ3n) is 4.88. The van der Waals surface area contributed by atoms with E-state index in [2.05, 4.69) is 20.9 Å². The number of aliphatic imine (C=N–C) groups is 1. The summed E-state index contributed by atoms with van der Waals surface area (Å²) >= 11 is 1.50. The molecular formula is C22H35N7O5S. The standard InChI is InChI=1S/C22H35N7O5S/c1-35-11-9-16(29-19(31)15(23)12-14-6-3-2-4-7-14)20(32)27-13-18(30)28-17(21(33)34)8-5-10-26-22(24)25/h2-4,6-7,15-17H,5,8-13,23H2,1H3,(H,27,32)(H,28,30)(H,29,31)(H,33,34)(H4,24,25,26). The fourth-order valence-electron chi connectivity index (χ4n) is 3.04. The predicted octanol–water partition coefficient (Wildman–Crippen LogP) is -1.47. The van der Waals surface area contributed by atoms with Gasteiger partial charge < -0.3 is 38.3 Å². The number of nitrogens with zero attached hydrogens (tertiary/aromatic N) is 1. The van der Waals surface area contributed by atoms with E-state index in [0.29, 0.717) is 25.0 Å². The molecule has 12 nitrogen and oxygen atoms in total. The zero-order valence-electron chi connectivity index (χ0n) is 19.7. The van der Waals surface area contributed by atoms with Crippen molar-refractivity contribution in [3.05, 3.63) is 35.9 Å². The summed E-state index contributed by atoms with van der Waals surface area (Å²) in [6, 6.07) is 6.37. The lowest BCUT2D eigenvalue weighted by Crippen LogP contribution is -2.54. The van der Waals surface area contributed by atoms with Crippen LogP contribution in [0.1, 0.15) is 24.8 Å². The fourth-order valence-corrected chi connectivity index (χ4v) is 3.51. The maximum absolute atomic E-state index is 12.7. The van der Waals surface area contributed by atoms with Crippen molar-refractivity contribution in [2.75, 3.05) is 25.1 Å². The highest BCUT2D eigenvalue weighted by molar-refractivity contribution is 7.98. The molecule has 1 aromatic carbocycles. The highest BCUT2D eigenvalue weighted by Crippen LogP contribution is 2.05. The molecule has 0 radical (unpaired) electrons. The quantitative estimate of drug-likeness (QED) is 0.0785. The smallest absolute Gasteiger partial charge is 0.326 e. The van der Waals surface area contributed by atoms with Gasteiger partial charge in [0.05, 0.1) is 12.6 Å². The van der Waals surface area contributed by atoms with Crippen LogP contribution in [0.3, 0.4) is 0 Å². The molecule has 3 amide bonds. The third kappa shape index (κ3) is 12.6. The number of carbonyl (C=O) groups excluding carboxylic acids is 3. The number of carbonyl (C=O) groups is 4. The summed E-state index contributed by atoms with van der Waals surface area (Å²) in [5, 5.41) is 16.8. The average molecular weight is 510 g/mol. The van der Waals surface area contributed by atoms with E-state index >= 15 is 0 Å². The topological polar surface area (TPSA) is 215 Å². The Morgan fingerprint density at radius 2 is 1.71 bits per heavy atom. The van der Waals surface area contributed by atoms with Gasteiger partial charge in [-0.05, 0) is 43.3 Å². The SMILES string of the molecule is CSCCC(NC(=O)C(N)Cc1ccccc1)C(=O)NCC(=O)NC(CCCN=C(N)N)C(=O)O. The van der Waals surface area contributed by atoms with Crippen LogP contribution in [0.5, 0.6) is 0 Å². The molecule has 3 unspecified atom stereocenters. The fraction of sp³-hybridized carbons (Fsp3) is 0.500. The van der Waals surface area contributed by atoms with Gasteiger partial charge in [-0.2, -0.15) is 11.8 Å². The van der Waals surface area contributed by atoms with Crippen LogP contribution in [0.15, 0.2) is 35.3 Å². The average Bonchev–Trinajstić information content (AvgIpc) is 2.82. The second-order valence-corrected chi connectivity index (χ2v) is 8.75. The Labute approximate surface area is 208 Å². The number of benzene rings is 1. The molecule has 3 atom stereocenters. The normalized spacial score (nSPS) is 13.1. The number of rotatable bonds is 16. The first-order valence-electron chi connectivity index (χ1n) is 11.1. The summed E-state index contributed by atoms with van der Waals surface area (Å²) in [5.74, 6) is -2.45. The van der Waals surface area contributed by atoms with E-state index in [1.54, 1.807) is 0 Å². The Balaban J connectivity index is 2.60. The Morgan fingerprint density at radius 3 is 2.31 bits per heavy atom. The van der Waals surface area contributed by atoms with E-state index in [0.717, 1.165) is 5.56 Å². The summed E-state index contributed by atoms with van der Waals surface area (Å²) in [4.78, 5) is 52.6. The van der Waals surface area contributed by atoms with E-state index in [1.807, 2.05) is 36.6 Å². The molecule has 0 aliphatic heterocycles. The number of hydrogen-bond donors (Lipinski definition) is 7. The number of nitrogens with one attached hydrogen (secondary N) is 3. The van der Waals surface area contributed by atoms with Crippen LogP contribution in [0, 0.1) is 0 Å². The summed E-state index contributed by atoms with van der Waals surface area (Å²) in [5.41, 5.74) is 17.3. The van der Waals surface area contributed by atoms with Crippen LogP contribution in [0.4, 0.5) is 0 Å². The molecular weight excluding hydrogens is 474 g/mol. The molecule has 1 aromatic rings. The maximum Gasteiger partial charge on any atom is 0.326 e. The first-order valence-corrected chi connectivity index (χ1v) is 12.5. The number of guanidine groups is 1. The first kappa shape index (κ1) is 29.7. The molecule has 13 heteroatoms. The summed E-state index contributed by atoms with van der Waals surface area (Å²) < 4.78 is 0. The minimum Gasteiger partial charge on any atom is -0.480 e.